The van der Waals surface area contributed by atoms with E-state index in [-0.39, 0.29) is 0 Å². The van der Waals surface area contributed by atoms with Gasteiger partial charge < -0.3 is 5.41 Å². The van der Waals surface area contributed by atoms with Gasteiger partial charge in [-0.1, -0.05) is 6.42 Å². The smallest absolute Gasteiger partial charge is 0.00891 e. The molecule has 0 unspecified atom stereocenters. The quantitative estimate of drug-likeness (QED) is 0.478. The molecule has 1 rings (SSSR count). The Morgan fingerprint density at radius 3 is 1.86 bits per heavy atom. The Labute approximate surface area is 44.2 Å². The summed E-state index contributed by atoms with van der Waals surface area (Å²) < 4.78 is 0. The van der Waals surface area contributed by atoms with Gasteiger partial charge in [-0.3, -0.25) is 0 Å². The van der Waals surface area contributed by atoms with Crippen molar-refractivity contribution < 1.29 is 0 Å². The minimum absolute atomic E-state index is 0.964. The highest BCUT2D eigenvalue weighted by Gasteiger charge is 2.02. The third-order valence-corrected chi connectivity index (χ3v) is 1.46. The first-order valence-electron chi connectivity index (χ1n) is 2.96. The lowest BCUT2D eigenvalue weighted by molar-refractivity contribution is 0.663. The Kier molecular flexibility index (Phi) is 1.45. The van der Waals surface area contributed by atoms with Crippen LogP contribution in [0.1, 0.15) is 32.1 Å². The van der Waals surface area contributed by atoms with Gasteiger partial charge in [-0.05, 0) is 25.7 Å². The summed E-state index contributed by atoms with van der Waals surface area (Å²) in [4.78, 5) is 0. The van der Waals surface area contributed by atoms with E-state index in [1.165, 1.54) is 19.3 Å². The van der Waals surface area contributed by atoms with E-state index in [0.717, 1.165) is 18.6 Å². The maximum absolute atomic E-state index is 7.19. The van der Waals surface area contributed by atoms with E-state index < -0.39 is 0 Å². The van der Waals surface area contributed by atoms with E-state index >= 15 is 0 Å². The van der Waals surface area contributed by atoms with Gasteiger partial charge in [0.25, 0.3) is 0 Å². The first kappa shape index (κ1) is 4.82. The maximum Gasteiger partial charge on any atom is 0.00891 e. The van der Waals surface area contributed by atoms with Gasteiger partial charge in [-0.15, -0.1) is 0 Å². The predicted molar refractivity (Wildman–Crippen MR) is 30.8 cm³/mol. The van der Waals surface area contributed by atoms with Gasteiger partial charge >= 0.3 is 0 Å². The molecule has 1 aliphatic carbocycles. The van der Waals surface area contributed by atoms with Gasteiger partial charge in [0, 0.05) is 5.71 Å². The van der Waals surface area contributed by atoms with Crippen LogP contribution < -0.4 is 0 Å². The Bertz CT molecular complexity index is 68.2. The summed E-state index contributed by atoms with van der Waals surface area (Å²) in [6, 6.07) is 0. The number of rotatable bonds is 0. The Morgan fingerprint density at radius 2 is 1.57 bits per heavy atom. The summed E-state index contributed by atoms with van der Waals surface area (Å²) in [6.07, 6.45) is 6.01. The molecule has 0 aromatic rings. The van der Waals surface area contributed by atoms with Crippen LogP contribution in [0, 0.1) is 5.41 Å². The predicted octanol–water partition coefficient (Wildman–Crippen LogP) is 1.97. The molecule has 1 saturated carbocycles. The molecule has 0 amide bonds. The van der Waals surface area contributed by atoms with Crippen molar-refractivity contribution in [2.75, 3.05) is 0 Å². The van der Waals surface area contributed by atoms with Crippen LogP contribution in [0.3, 0.4) is 0 Å². The zero-order valence-electron chi connectivity index (χ0n) is 4.54. The number of nitrogens with one attached hydrogen (secondary N) is 1. The molecule has 0 atom stereocenters. The Balaban J connectivity index is 2.25. The fraction of sp³-hybridized carbons (Fsp3) is 0.833. The molecule has 0 aromatic heterocycles. The molecule has 1 nitrogen and oxygen atoms in total. The summed E-state index contributed by atoms with van der Waals surface area (Å²) in [5.41, 5.74) is 0.964. The summed E-state index contributed by atoms with van der Waals surface area (Å²) in [5.74, 6) is 0. The third-order valence-electron chi connectivity index (χ3n) is 1.46. The molecule has 1 aliphatic rings. The van der Waals surface area contributed by atoms with E-state index in [4.69, 9.17) is 5.41 Å². The molecule has 0 aromatic carbocycles. The molecule has 1 N–H and O–H groups in total. The highest BCUT2D eigenvalue weighted by molar-refractivity contribution is 5.81. The summed E-state index contributed by atoms with van der Waals surface area (Å²) in [5, 5.41) is 7.19. The second-order valence-electron chi connectivity index (χ2n) is 2.16. The van der Waals surface area contributed by atoms with Crippen molar-refractivity contribution in [2.24, 2.45) is 0 Å². The summed E-state index contributed by atoms with van der Waals surface area (Å²) >= 11 is 0. The fourth-order valence-corrected chi connectivity index (χ4v) is 0.979. The van der Waals surface area contributed by atoms with Crippen LogP contribution in [-0.4, -0.2) is 5.71 Å². The average molecular weight is 97.2 g/mol. The normalized spacial score (nSPS) is 22.6. The highest BCUT2D eigenvalue weighted by atomic mass is 14.4. The van der Waals surface area contributed by atoms with E-state index in [1.807, 2.05) is 0 Å². The zero-order chi connectivity index (χ0) is 5.11. The molecule has 7 heavy (non-hydrogen) atoms. The van der Waals surface area contributed by atoms with Gasteiger partial charge in [0.15, 0.2) is 0 Å². The van der Waals surface area contributed by atoms with Crippen molar-refractivity contribution in [1.82, 2.24) is 0 Å². The zero-order valence-corrected chi connectivity index (χ0v) is 4.54. The van der Waals surface area contributed by atoms with Gasteiger partial charge in [0.2, 0.25) is 0 Å². The van der Waals surface area contributed by atoms with Crippen LogP contribution in [0.5, 0.6) is 0 Å². The maximum atomic E-state index is 7.19. The Morgan fingerprint density at radius 1 is 1.00 bits per heavy atom. The monoisotopic (exact) mass is 97.1 g/mol. The third kappa shape index (κ3) is 1.30. The fourth-order valence-electron chi connectivity index (χ4n) is 0.979. The van der Waals surface area contributed by atoms with E-state index in [2.05, 4.69) is 0 Å². The topological polar surface area (TPSA) is 23.9 Å². The molecule has 0 saturated heterocycles. The van der Waals surface area contributed by atoms with Crippen molar-refractivity contribution >= 4 is 5.71 Å². The minimum Gasteiger partial charge on any atom is -0.310 e. The first-order chi connectivity index (χ1) is 3.39. The Hall–Kier alpha value is -0.330. The SMILES string of the molecule is N=C1CCCCC1. The van der Waals surface area contributed by atoms with Crippen LogP contribution in [0.2, 0.25) is 0 Å². The van der Waals surface area contributed by atoms with Gasteiger partial charge in [-0.25, -0.2) is 0 Å². The molecule has 40 valence electrons. The molecule has 0 radical (unpaired) electrons. The molecule has 0 heterocycles. The van der Waals surface area contributed by atoms with Crippen molar-refractivity contribution in [1.29, 1.82) is 5.41 Å². The minimum atomic E-state index is 0.964. The number of hydrogen-bond donors (Lipinski definition) is 1. The van der Waals surface area contributed by atoms with Crippen LogP contribution >= 0.6 is 0 Å². The van der Waals surface area contributed by atoms with Crippen molar-refractivity contribution in [2.45, 2.75) is 32.1 Å². The standard InChI is InChI=1S/C6H11N/c7-6-4-2-1-3-5-6/h7H,1-5H2. The van der Waals surface area contributed by atoms with Gasteiger partial charge in [0.1, 0.15) is 0 Å². The van der Waals surface area contributed by atoms with E-state index in [1.54, 1.807) is 0 Å². The van der Waals surface area contributed by atoms with Crippen LogP contribution in [0.4, 0.5) is 0 Å². The average Bonchev–Trinajstić information content (AvgIpc) is 1.69. The van der Waals surface area contributed by atoms with Crippen molar-refractivity contribution in [3.8, 4) is 0 Å². The second kappa shape index (κ2) is 2.10. The summed E-state index contributed by atoms with van der Waals surface area (Å²) in [7, 11) is 0. The molecule has 0 bridgehead atoms. The molecule has 0 spiro atoms. The van der Waals surface area contributed by atoms with E-state index in [9.17, 15) is 0 Å². The molecule has 1 fully saturated rings. The second-order valence-corrected chi connectivity index (χ2v) is 2.16. The lowest BCUT2D eigenvalue weighted by Crippen LogP contribution is -2.01. The van der Waals surface area contributed by atoms with Crippen LogP contribution in [0.15, 0.2) is 0 Å². The van der Waals surface area contributed by atoms with Crippen LogP contribution in [-0.2, 0) is 0 Å². The first-order valence-corrected chi connectivity index (χ1v) is 2.96. The molecular formula is C6H11N. The molecular weight excluding hydrogens is 86.1 g/mol. The highest BCUT2D eigenvalue weighted by Crippen LogP contribution is 2.12. The largest absolute Gasteiger partial charge is 0.310 e. The molecule has 1 heteroatoms. The van der Waals surface area contributed by atoms with Gasteiger partial charge in [0.05, 0.1) is 0 Å². The van der Waals surface area contributed by atoms with E-state index in [0.29, 0.717) is 0 Å². The molecule has 0 aliphatic heterocycles. The number of hydrogen-bond acceptors (Lipinski definition) is 1. The van der Waals surface area contributed by atoms with Crippen LogP contribution in [0.25, 0.3) is 0 Å². The van der Waals surface area contributed by atoms with Gasteiger partial charge in [-0.2, -0.15) is 0 Å². The lowest BCUT2D eigenvalue weighted by Gasteiger charge is -2.08. The summed E-state index contributed by atoms with van der Waals surface area (Å²) in [6.45, 7) is 0. The van der Waals surface area contributed by atoms with Crippen molar-refractivity contribution in [3.63, 3.8) is 0 Å². The lowest BCUT2D eigenvalue weighted by atomic mass is 9.99. The van der Waals surface area contributed by atoms with Crippen molar-refractivity contribution in [3.05, 3.63) is 0 Å².